The molecule has 204 valence electrons. The van der Waals surface area contributed by atoms with E-state index in [1.165, 1.54) is 94.9 Å². The standard InChI is InChI=1S/C42H24S2/c1-2-10-25(11-3-1)38-28-12-4-6-14-30(28)39(31-15-7-5-13-29(31)38)27-20-22-36-34(24-27)32-21-18-26-19-23-37-41(40(26)42(32)44-36)33-16-8-9-17-35(33)43-37/h1-24H. The Hall–Kier alpha value is -5.02. The minimum absolute atomic E-state index is 1.25. The van der Waals surface area contributed by atoms with E-state index < -0.39 is 0 Å². The fourth-order valence-electron chi connectivity index (χ4n) is 7.37. The van der Waals surface area contributed by atoms with Crippen molar-refractivity contribution < 1.29 is 0 Å². The van der Waals surface area contributed by atoms with Gasteiger partial charge in [0.2, 0.25) is 0 Å². The van der Waals surface area contributed by atoms with Crippen LogP contribution in [-0.4, -0.2) is 0 Å². The number of fused-ring (bicyclic) bond motifs is 11. The van der Waals surface area contributed by atoms with Crippen molar-refractivity contribution in [3.8, 4) is 22.3 Å². The lowest BCUT2D eigenvalue weighted by atomic mass is 9.86. The zero-order chi connectivity index (χ0) is 28.8. The van der Waals surface area contributed by atoms with E-state index in [0.717, 1.165) is 0 Å². The monoisotopic (exact) mass is 592 g/mol. The molecular weight excluding hydrogens is 569 g/mol. The summed E-state index contributed by atoms with van der Waals surface area (Å²) in [6.07, 6.45) is 0. The Balaban J connectivity index is 1.30. The van der Waals surface area contributed by atoms with E-state index in [-0.39, 0.29) is 0 Å². The topological polar surface area (TPSA) is 0 Å². The molecule has 0 saturated carbocycles. The molecule has 0 aliphatic carbocycles. The molecule has 0 aliphatic heterocycles. The number of thiophene rings is 2. The van der Waals surface area contributed by atoms with Crippen LogP contribution in [0, 0.1) is 0 Å². The van der Waals surface area contributed by atoms with Crippen LogP contribution >= 0.6 is 22.7 Å². The minimum atomic E-state index is 1.25. The average Bonchev–Trinajstić information content (AvgIpc) is 3.65. The predicted octanol–water partition coefficient (Wildman–Crippen LogP) is 13.2. The van der Waals surface area contributed by atoms with Crippen LogP contribution < -0.4 is 0 Å². The van der Waals surface area contributed by atoms with Crippen molar-refractivity contribution in [3.63, 3.8) is 0 Å². The summed E-state index contributed by atoms with van der Waals surface area (Å²) in [5.41, 5.74) is 5.14. The van der Waals surface area contributed by atoms with Crippen molar-refractivity contribution in [1.29, 1.82) is 0 Å². The average molecular weight is 593 g/mol. The molecular formula is C42H24S2. The Kier molecular flexibility index (Phi) is 5.13. The molecule has 0 N–H and O–H groups in total. The number of benzene rings is 8. The molecule has 2 heterocycles. The maximum Gasteiger partial charge on any atom is 0.0440 e. The Bertz CT molecular complexity index is 2700. The zero-order valence-electron chi connectivity index (χ0n) is 23.7. The van der Waals surface area contributed by atoms with Gasteiger partial charge in [0.15, 0.2) is 0 Å². The lowest BCUT2D eigenvalue weighted by Gasteiger charge is -2.17. The lowest BCUT2D eigenvalue weighted by Crippen LogP contribution is -1.90. The van der Waals surface area contributed by atoms with Crippen LogP contribution in [0.5, 0.6) is 0 Å². The van der Waals surface area contributed by atoms with Gasteiger partial charge in [0, 0.05) is 45.7 Å². The lowest BCUT2D eigenvalue weighted by molar-refractivity contribution is 1.66. The van der Waals surface area contributed by atoms with Gasteiger partial charge in [-0.15, -0.1) is 22.7 Å². The van der Waals surface area contributed by atoms with E-state index in [9.17, 15) is 0 Å². The fourth-order valence-corrected chi connectivity index (χ4v) is 9.73. The van der Waals surface area contributed by atoms with E-state index >= 15 is 0 Å². The van der Waals surface area contributed by atoms with E-state index in [0.29, 0.717) is 0 Å². The van der Waals surface area contributed by atoms with E-state index in [1.807, 2.05) is 22.7 Å². The summed E-state index contributed by atoms with van der Waals surface area (Å²) in [4.78, 5) is 0. The molecule has 0 saturated heterocycles. The molecule has 0 radical (unpaired) electrons. The quantitative estimate of drug-likeness (QED) is 0.175. The van der Waals surface area contributed by atoms with Crippen LogP contribution in [0.25, 0.3) is 94.9 Å². The van der Waals surface area contributed by atoms with E-state index in [2.05, 4.69) is 146 Å². The molecule has 44 heavy (non-hydrogen) atoms. The summed E-state index contributed by atoms with van der Waals surface area (Å²) in [5, 5.41) is 13.3. The van der Waals surface area contributed by atoms with Crippen LogP contribution in [0.1, 0.15) is 0 Å². The van der Waals surface area contributed by atoms with E-state index in [4.69, 9.17) is 0 Å². The first-order chi connectivity index (χ1) is 21.8. The first kappa shape index (κ1) is 24.4. The summed E-state index contributed by atoms with van der Waals surface area (Å²) in [6.45, 7) is 0. The summed E-state index contributed by atoms with van der Waals surface area (Å²) >= 11 is 3.83. The fraction of sp³-hybridized carbons (Fsp3) is 0. The second-order valence-corrected chi connectivity index (χ2v) is 13.7. The largest absolute Gasteiger partial charge is 0.135 e. The molecule has 10 rings (SSSR count). The minimum Gasteiger partial charge on any atom is -0.135 e. The van der Waals surface area contributed by atoms with Crippen LogP contribution in [0.2, 0.25) is 0 Å². The Morgan fingerprint density at radius 3 is 1.61 bits per heavy atom. The molecule has 2 heteroatoms. The van der Waals surface area contributed by atoms with Crippen LogP contribution in [0.15, 0.2) is 146 Å². The van der Waals surface area contributed by atoms with Crippen molar-refractivity contribution in [2.24, 2.45) is 0 Å². The molecule has 0 aliphatic rings. The molecule has 2 aromatic heterocycles. The SMILES string of the molecule is c1ccc(-c2c3ccccc3c(-c3ccc4sc5c(ccc6ccc7sc8ccccc8c7c65)c4c3)c3ccccc23)cc1. The van der Waals surface area contributed by atoms with Gasteiger partial charge in [0.25, 0.3) is 0 Å². The second-order valence-electron chi connectivity index (χ2n) is 11.6. The Morgan fingerprint density at radius 1 is 0.318 bits per heavy atom. The normalized spacial score (nSPS) is 12.1. The zero-order valence-corrected chi connectivity index (χ0v) is 25.3. The molecule has 0 unspecified atom stereocenters. The molecule has 8 aromatic carbocycles. The molecule has 0 atom stereocenters. The second kappa shape index (κ2) is 9.24. The highest BCUT2D eigenvalue weighted by Gasteiger charge is 2.18. The van der Waals surface area contributed by atoms with Gasteiger partial charge in [-0.25, -0.2) is 0 Å². The summed E-state index contributed by atoms with van der Waals surface area (Å²) in [7, 11) is 0. The molecule has 0 nitrogen and oxygen atoms in total. The highest BCUT2D eigenvalue weighted by molar-refractivity contribution is 7.28. The Labute approximate surface area is 262 Å². The van der Waals surface area contributed by atoms with Crippen molar-refractivity contribution in [2.45, 2.75) is 0 Å². The van der Waals surface area contributed by atoms with Gasteiger partial charge in [-0.05, 0) is 73.5 Å². The van der Waals surface area contributed by atoms with Crippen molar-refractivity contribution in [1.82, 2.24) is 0 Å². The highest BCUT2D eigenvalue weighted by atomic mass is 32.1. The number of hydrogen-bond acceptors (Lipinski definition) is 2. The highest BCUT2D eigenvalue weighted by Crippen LogP contribution is 2.48. The molecule has 0 bridgehead atoms. The third-order valence-electron chi connectivity index (χ3n) is 9.24. The van der Waals surface area contributed by atoms with Gasteiger partial charge < -0.3 is 0 Å². The summed E-state index contributed by atoms with van der Waals surface area (Å²) in [5.74, 6) is 0. The van der Waals surface area contributed by atoms with Crippen LogP contribution in [-0.2, 0) is 0 Å². The van der Waals surface area contributed by atoms with Gasteiger partial charge >= 0.3 is 0 Å². The smallest absolute Gasteiger partial charge is 0.0440 e. The van der Waals surface area contributed by atoms with Crippen LogP contribution in [0.3, 0.4) is 0 Å². The number of hydrogen-bond donors (Lipinski definition) is 0. The van der Waals surface area contributed by atoms with Crippen molar-refractivity contribution in [2.75, 3.05) is 0 Å². The van der Waals surface area contributed by atoms with E-state index in [1.54, 1.807) is 0 Å². The third kappa shape index (κ3) is 3.38. The molecule has 10 aromatic rings. The predicted molar refractivity (Wildman–Crippen MR) is 196 cm³/mol. The molecule has 0 fully saturated rings. The maximum atomic E-state index is 2.45. The first-order valence-corrected chi connectivity index (χ1v) is 16.7. The summed E-state index contributed by atoms with van der Waals surface area (Å²) in [6, 6.07) is 53.9. The molecule has 0 spiro atoms. The van der Waals surface area contributed by atoms with Gasteiger partial charge in [0.05, 0.1) is 0 Å². The summed E-state index contributed by atoms with van der Waals surface area (Å²) < 4.78 is 5.44. The van der Waals surface area contributed by atoms with Gasteiger partial charge in [-0.3, -0.25) is 0 Å². The first-order valence-electron chi connectivity index (χ1n) is 15.0. The maximum absolute atomic E-state index is 2.45. The van der Waals surface area contributed by atoms with Crippen LogP contribution in [0.4, 0.5) is 0 Å². The Morgan fingerprint density at radius 2 is 0.886 bits per heavy atom. The van der Waals surface area contributed by atoms with Gasteiger partial charge in [-0.1, -0.05) is 121 Å². The van der Waals surface area contributed by atoms with Gasteiger partial charge in [-0.2, -0.15) is 0 Å². The number of rotatable bonds is 2. The third-order valence-corrected chi connectivity index (χ3v) is 11.6. The molecule has 0 amide bonds. The van der Waals surface area contributed by atoms with Gasteiger partial charge in [0.1, 0.15) is 0 Å². The van der Waals surface area contributed by atoms with Crippen molar-refractivity contribution in [3.05, 3.63) is 146 Å². The van der Waals surface area contributed by atoms with Crippen molar-refractivity contribution >= 4 is 95.3 Å².